The molecule has 1 aromatic carbocycles. The Bertz CT molecular complexity index is 666. The number of hydrogen-bond acceptors (Lipinski definition) is 3. The van der Waals surface area contributed by atoms with E-state index in [0.717, 1.165) is 11.3 Å². The van der Waals surface area contributed by atoms with E-state index in [-0.39, 0.29) is 12.3 Å². The van der Waals surface area contributed by atoms with Crippen molar-refractivity contribution < 1.29 is 9.53 Å². The summed E-state index contributed by atoms with van der Waals surface area (Å²) in [7, 11) is 1.61. The van der Waals surface area contributed by atoms with Crippen LogP contribution in [0.3, 0.4) is 0 Å². The van der Waals surface area contributed by atoms with Crippen LogP contribution in [-0.4, -0.2) is 17.9 Å². The topological polar surface area (TPSA) is 51.2 Å². The van der Waals surface area contributed by atoms with Crippen molar-refractivity contribution in [3.05, 3.63) is 52.8 Å². The lowest BCUT2D eigenvalue weighted by Crippen LogP contribution is -2.20. The maximum atomic E-state index is 11.4. The third-order valence-corrected chi connectivity index (χ3v) is 3.64. The van der Waals surface area contributed by atoms with Crippen molar-refractivity contribution in [3.8, 4) is 11.5 Å². The van der Waals surface area contributed by atoms with E-state index >= 15 is 0 Å². The second-order valence-electron chi connectivity index (χ2n) is 5.07. The third-order valence-electron chi connectivity index (χ3n) is 3.64. The third kappa shape index (κ3) is 3.60. The normalized spacial score (nSPS) is 10.3. The number of nitrogens with zero attached hydrogens (tertiary/aromatic N) is 1. The summed E-state index contributed by atoms with van der Waals surface area (Å²) in [4.78, 5) is 15.6. The number of benzene rings is 1. The molecule has 1 heterocycles. The first-order valence-electron chi connectivity index (χ1n) is 6.91. The molecule has 0 aliphatic heterocycles. The zero-order valence-corrected chi connectivity index (χ0v) is 12.9. The molecular formula is C17H20N2O2. The van der Waals surface area contributed by atoms with Crippen LogP contribution in [-0.2, 0) is 11.2 Å². The van der Waals surface area contributed by atoms with Crippen LogP contribution in [0.15, 0.2) is 30.5 Å². The summed E-state index contributed by atoms with van der Waals surface area (Å²) >= 11 is 0. The molecule has 110 valence electrons. The highest BCUT2D eigenvalue weighted by atomic mass is 16.5. The first-order valence-corrected chi connectivity index (χ1v) is 6.91. The predicted molar refractivity (Wildman–Crippen MR) is 82.7 cm³/mol. The summed E-state index contributed by atoms with van der Waals surface area (Å²) in [6.45, 7) is 6.21. The molecule has 4 heteroatoms. The highest BCUT2D eigenvalue weighted by molar-refractivity contribution is 5.77. The van der Waals surface area contributed by atoms with E-state index in [1.54, 1.807) is 25.4 Å². The van der Waals surface area contributed by atoms with Crippen molar-refractivity contribution in [3.63, 3.8) is 0 Å². The van der Waals surface area contributed by atoms with Crippen molar-refractivity contribution >= 4 is 5.91 Å². The summed E-state index contributed by atoms with van der Waals surface area (Å²) < 4.78 is 5.93. The fourth-order valence-corrected chi connectivity index (χ4v) is 2.04. The minimum absolute atomic E-state index is 0.0676. The molecule has 0 radical (unpaired) electrons. The Labute approximate surface area is 125 Å². The fourth-order valence-electron chi connectivity index (χ4n) is 2.04. The Hall–Kier alpha value is -2.36. The molecule has 0 bridgehead atoms. The van der Waals surface area contributed by atoms with Crippen LogP contribution in [0.1, 0.15) is 22.4 Å². The second kappa shape index (κ2) is 6.39. The number of carbonyl (C=O) groups is 1. The molecule has 0 unspecified atom stereocenters. The minimum atomic E-state index is -0.0676. The SMILES string of the molecule is CNC(=O)Cc1cc(Oc2ccc(C)c(C)c2C)ccn1. The molecule has 0 atom stereocenters. The standard InChI is InChI=1S/C17H20N2O2/c1-11-5-6-16(13(3)12(11)2)21-15-7-8-19-14(9-15)10-17(20)18-4/h5-9H,10H2,1-4H3,(H,18,20). The van der Waals surface area contributed by atoms with Crippen LogP contribution in [0, 0.1) is 20.8 Å². The number of amides is 1. The second-order valence-corrected chi connectivity index (χ2v) is 5.07. The van der Waals surface area contributed by atoms with Gasteiger partial charge in [0.25, 0.3) is 0 Å². The van der Waals surface area contributed by atoms with Crippen molar-refractivity contribution in [1.29, 1.82) is 0 Å². The van der Waals surface area contributed by atoms with Crippen LogP contribution in [0.25, 0.3) is 0 Å². The fraction of sp³-hybridized carbons (Fsp3) is 0.294. The molecule has 1 aromatic heterocycles. The molecule has 0 saturated heterocycles. The zero-order chi connectivity index (χ0) is 15.4. The van der Waals surface area contributed by atoms with Crippen LogP contribution in [0.4, 0.5) is 0 Å². The van der Waals surface area contributed by atoms with Crippen molar-refractivity contribution in [2.75, 3.05) is 7.05 Å². The lowest BCUT2D eigenvalue weighted by atomic mass is 10.0. The molecular weight excluding hydrogens is 264 g/mol. The van der Waals surface area contributed by atoms with Gasteiger partial charge in [-0.2, -0.15) is 0 Å². The highest BCUT2D eigenvalue weighted by Gasteiger charge is 2.08. The van der Waals surface area contributed by atoms with Crippen LogP contribution < -0.4 is 10.1 Å². The molecule has 0 saturated carbocycles. The Kier molecular flexibility index (Phi) is 4.58. The Balaban J connectivity index is 2.22. The van der Waals surface area contributed by atoms with E-state index in [9.17, 15) is 4.79 Å². The first kappa shape index (κ1) is 15.0. The minimum Gasteiger partial charge on any atom is -0.457 e. The van der Waals surface area contributed by atoms with Gasteiger partial charge in [-0.05, 0) is 49.6 Å². The molecule has 1 N–H and O–H groups in total. The van der Waals surface area contributed by atoms with E-state index in [4.69, 9.17) is 4.74 Å². The van der Waals surface area contributed by atoms with E-state index < -0.39 is 0 Å². The summed E-state index contributed by atoms with van der Waals surface area (Å²) in [5.74, 6) is 1.45. The smallest absolute Gasteiger partial charge is 0.225 e. The van der Waals surface area contributed by atoms with Crippen LogP contribution in [0.2, 0.25) is 0 Å². The molecule has 0 aliphatic carbocycles. The quantitative estimate of drug-likeness (QED) is 0.938. The van der Waals surface area contributed by atoms with E-state index in [1.807, 2.05) is 19.1 Å². The van der Waals surface area contributed by atoms with Gasteiger partial charge in [-0.3, -0.25) is 9.78 Å². The van der Waals surface area contributed by atoms with Crippen molar-refractivity contribution in [2.45, 2.75) is 27.2 Å². The number of rotatable bonds is 4. The average molecular weight is 284 g/mol. The molecule has 4 nitrogen and oxygen atoms in total. The molecule has 1 amide bonds. The van der Waals surface area contributed by atoms with Crippen LogP contribution >= 0.6 is 0 Å². The van der Waals surface area contributed by atoms with E-state index in [2.05, 4.69) is 24.1 Å². The number of ether oxygens (including phenoxy) is 1. The molecule has 0 fully saturated rings. The van der Waals surface area contributed by atoms with Gasteiger partial charge in [0.2, 0.25) is 5.91 Å². The summed E-state index contributed by atoms with van der Waals surface area (Å²) in [5, 5.41) is 2.59. The van der Waals surface area contributed by atoms with Gasteiger partial charge in [-0.15, -0.1) is 0 Å². The van der Waals surface area contributed by atoms with Gasteiger partial charge in [0, 0.05) is 19.3 Å². The highest BCUT2D eigenvalue weighted by Crippen LogP contribution is 2.28. The monoisotopic (exact) mass is 284 g/mol. The van der Waals surface area contributed by atoms with Crippen molar-refractivity contribution in [1.82, 2.24) is 10.3 Å². The van der Waals surface area contributed by atoms with Gasteiger partial charge >= 0.3 is 0 Å². The number of pyridine rings is 1. The zero-order valence-electron chi connectivity index (χ0n) is 12.9. The Morgan fingerprint density at radius 2 is 1.95 bits per heavy atom. The first-order chi connectivity index (χ1) is 10.0. The lowest BCUT2D eigenvalue weighted by Gasteiger charge is -2.13. The number of aromatic nitrogens is 1. The Morgan fingerprint density at radius 1 is 1.19 bits per heavy atom. The molecule has 0 spiro atoms. The largest absolute Gasteiger partial charge is 0.457 e. The lowest BCUT2D eigenvalue weighted by molar-refractivity contribution is -0.120. The van der Waals surface area contributed by atoms with Gasteiger partial charge in [0.15, 0.2) is 0 Å². The number of carbonyl (C=O) groups excluding carboxylic acids is 1. The van der Waals surface area contributed by atoms with Crippen molar-refractivity contribution in [2.24, 2.45) is 0 Å². The number of aryl methyl sites for hydroxylation is 1. The molecule has 2 rings (SSSR count). The van der Waals surface area contributed by atoms with Gasteiger partial charge in [0.05, 0.1) is 12.1 Å². The maximum absolute atomic E-state index is 11.4. The molecule has 2 aromatic rings. The van der Waals surface area contributed by atoms with Crippen LogP contribution in [0.5, 0.6) is 11.5 Å². The van der Waals surface area contributed by atoms with E-state index in [0.29, 0.717) is 11.4 Å². The van der Waals surface area contributed by atoms with Gasteiger partial charge in [-0.1, -0.05) is 6.07 Å². The molecule has 0 aliphatic rings. The van der Waals surface area contributed by atoms with E-state index in [1.165, 1.54) is 11.1 Å². The van der Waals surface area contributed by atoms with Gasteiger partial charge < -0.3 is 10.1 Å². The summed E-state index contributed by atoms with van der Waals surface area (Å²) in [6.07, 6.45) is 1.91. The number of nitrogens with one attached hydrogen (secondary N) is 1. The maximum Gasteiger partial charge on any atom is 0.225 e. The van der Waals surface area contributed by atoms with Gasteiger partial charge in [0.1, 0.15) is 11.5 Å². The summed E-state index contributed by atoms with van der Waals surface area (Å²) in [6, 6.07) is 7.60. The van der Waals surface area contributed by atoms with Gasteiger partial charge in [-0.25, -0.2) is 0 Å². The number of hydrogen-bond donors (Lipinski definition) is 1. The summed E-state index contributed by atoms with van der Waals surface area (Å²) in [5.41, 5.74) is 4.29. The Morgan fingerprint density at radius 3 is 2.67 bits per heavy atom. The predicted octanol–water partition coefficient (Wildman–Crippen LogP) is 3.09. The molecule has 21 heavy (non-hydrogen) atoms. The average Bonchev–Trinajstić information content (AvgIpc) is 2.48. The number of likely N-dealkylation sites (N-methyl/N-ethyl adjacent to an activating group) is 1.